The van der Waals surface area contributed by atoms with Gasteiger partial charge in [0.05, 0.1) is 11.4 Å². The van der Waals surface area contributed by atoms with Crippen molar-refractivity contribution < 1.29 is 23.5 Å². The Hall–Kier alpha value is -3.58. The van der Waals surface area contributed by atoms with Gasteiger partial charge in [-0.15, -0.1) is 0 Å². The van der Waals surface area contributed by atoms with Gasteiger partial charge in [0.15, 0.2) is 0 Å². The number of nitrogens with zero attached hydrogens (tertiary/aromatic N) is 1. The molecule has 1 saturated heterocycles. The zero-order chi connectivity index (χ0) is 22.3. The SMILES string of the molecule is O=C1S/C(=C\c2ccccc2OCc2ccccc2F)C(=O)N1CCOc1ccccc1. The van der Waals surface area contributed by atoms with E-state index in [4.69, 9.17) is 9.47 Å². The van der Waals surface area contributed by atoms with Crippen LogP contribution in [0.5, 0.6) is 11.5 Å². The Bertz CT molecular complexity index is 1150. The van der Waals surface area contributed by atoms with E-state index in [-0.39, 0.29) is 36.7 Å². The van der Waals surface area contributed by atoms with Crippen LogP contribution in [0.3, 0.4) is 0 Å². The Balaban J connectivity index is 1.43. The highest BCUT2D eigenvalue weighted by molar-refractivity contribution is 8.18. The molecule has 0 aliphatic carbocycles. The standard InChI is InChI=1S/C25H20FNO4S/c26-21-12-6-4-9-19(21)17-31-22-13-7-5-8-18(22)16-23-24(28)27(25(29)32-23)14-15-30-20-10-2-1-3-11-20/h1-13,16H,14-15,17H2/b23-16-. The van der Waals surface area contributed by atoms with Crippen molar-refractivity contribution in [1.82, 2.24) is 4.90 Å². The molecule has 7 heteroatoms. The highest BCUT2D eigenvalue weighted by atomic mass is 32.2. The van der Waals surface area contributed by atoms with Crippen LogP contribution in [0.15, 0.2) is 83.8 Å². The maximum atomic E-state index is 13.9. The van der Waals surface area contributed by atoms with E-state index >= 15 is 0 Å². The lowest BCUT2D eigenvalue weighted by Gasteiger charge is -2.13. The van der Waals surface area contributed by atoms with Gasteiger partial charge in [0, 0.05) is 11.1 Å². The summed E-state index contributed by atoms with van der Waals surface area (Å²) >= 11 is 0.876. The molecule has 1 aliphatic heterocycles. The number of hydrogen-bond acceptors (Lipinski definition) is 5. The average molecular weight is 450 g/mol. The third-order valence-corrected chi connectivity index (χ3v) is 5.65. The lowest BCUT2D eigenvalue weighted by molar-refractivity contribution is -0.123. The fourth-order valence-corrected chi connectivity index (χ4v) is 3.96. The second kappa shape index (κ2) is 10.2. The van der Waals surface area contributed by atoms with Crippen LogP contribution >= 0.6 is 11.8 Å². The van der Waals surface area contributed by atoms with Gasteiger partial charge >= 0.3 is 0 Å². The Morgan fingerprint density at radius 3 is 2.41 bits per heavy atom. The van der Waals surface area contributed by atoms with Crippen molar-refractivity contribution in [1.29, 1.82) is 0 Å². The minimum atomic E-state index is -0.374. The number of amides is 2. The first-order valence-corrected chi connectivity index (χ1v) is 10.8. The predicted octanol–water partition coefficient (Wildman–Crippen LogP) is 5.52. The molecule has 0 saturated carbocycles. The van der Waals surface area contributed by atoms with Crippen LogP contribution in [0.25, 0.3) is 6.08 Å². The topological polar surface area (TPSA) is 55.8 Å². The number of rotatable bonds is 8. The summed E-state index contributed by atoms with van der Waals surface area (Å²) in [6.07, 6.45) is 1.62. The van der Waals surface area contributed by atoms with E-state index in [1.807, 2.05) is 30.3 Å². The number of imide groups is 1. The molecule has 3 aromatic carbocycles. The summed E-state index contributed by atoms with van der Waals surface area (Å²) in [5.74, 6) is 0.454. The van der Waals surface area contributed by atoms with E-state index in [1.54, 1.807) is 48.5 Å². The van der Waals surface area contributed by atoms with Crippen molar-refractivity contribution in [3.63, 3.8) is 0 Å². The maximum absolute atomic E-state index is 13.9. The van der Waals surface area contributed by atoms with E-state index in [9.17, 15) is 14.0 Å². The number of carbonyl (C=O) groups excluding carboxylic acids is 2. The number of carbonyl (C=O) groups is 2. The monoisotopic (exact) mass is 449 g/mol. The van der Waals surface area contributed by atoms with Gasteiger partial charge in [0.2, 0.25) is 0 Å². The molecule has 1 fully saturated rings. The summed E-state index contributed by atoms with van der Waals surface area (Å²) in [5.41, 5.74) is 1.07. The molecule has 162 valence electrons. The molecule has 0 bridgehead atoms. The molecule has 3 aromatic rings. The van der Waals surface area contributed by atoms with Crippen molar-refractivity contribution in [2.75, 3.05) is 13.2 Å². The zero-order valence-electron chi connectivity index (χ0n) is 17.1. The molecule has 4 rings (SSSR count). The Morgan fingerprint density at radius 2 is 1.59 bits per heavy atom. The summed E-state index contributed by atoms with van der Waals surface area (Å²) in [5, 5.41) is -0.345. The second-order valence-electron chi connectivity index (χ2n) is 6.91. The summed E-state index contributed by atoms with van der Waals surface area (Å²) < 4.78 is 25.3. The van der Waals surface area contributed by atoms with E-state index in [1.165, 1.54) is 11.0 Å². The van der Waals surface area contributed by atoms with Crippen LogP contribution in [0.2, 0.25) is 0 Å². The highest BCUT2D eigenvalue weighted by Crippen LogP contribution is 2.34. The fourth-order valence-electron chi connectivity index (χ4n) is 3.11. The number of thioether (sulfide) groups is 1. The minimum Gasteiger partial charge on any atom is -0.492 e. The van der Waals surface area contributed by atoms with Gasteiger partial charge in [0.1, 0.15) is 30.5 Å². The van der Waals surface area contributed by atoms with Crippen molar-refractivity contribution in [3.05, 3.63) is 101 Å². The van der Waals surface area contributed by atoms with Gasteiger partial charge in [0.25, 0.3) is 11.1 Å². The van der Waals surface area contributed by atoms with Gasteiger partial charge < -0.3 is 9.47 Å². The largest absolute Gasteiger partial charge is 0.492 e. The number of benzene rings is 3. The quantitative estimate of drug-likeness (QED) is 0.424. The lowest BCUT2D eigenvalue weighted by atomic mass is 10.1. The zero-order valence-corrected chi connectivity index (χ0v) is 17.9. The molecule has 0 N–H and O–H groups in total. The molecule has 0 aromatic heterocycles. The first kappa shape index (κ1) is 21.6. The van der Waals surface area contributed by atoms with Crippen molar-refractivity contribution in [3.8, 4) is 11.5 Å². The van der Waals surface area contributed by atoms with Crippen LogP contribution in [-0.4, -0.2) is 29.2 Å². The van der Waals surface area contributed by atoms with Crippen LogP contribution in [0.4, 0.5) is 9.18 Å². The third kappa shape index (κ3) is 5.18. The van der Waals surface area contributed by atoms with E-state index in [0.717, 1.165) is 11.8 Å². The van der Waals surface area contributed by atoms with Crippen molar-refractivity contribution >= 4 is 29.0 Å². The summed E-state index contributed by atoms with van der Waals surface area (Å²) in [6, 6.07) is 22.7. The Labute approximate surface area is 189 Å². The number of ether oxygens (including phenoxy) is 2. The van der Waals surface area contributed by atoms with Crippen LogP contribution in [0.1, 0.15) is 11.1 Å². The van der Waals surface area contributed by atoms with Gasteiger partial charge in [-0.3, -0.25) is 14.5 Å². The van der Waals surface area contributed by atoms with Crippen molar-refractivity contribution in [2.24, 2.45) is 0 Å². The van der Waals surface area contributed by atoms with Gasteiger partial charge in [-0.1, -0.05) is 54.6 Å². The maximum Gasteiger partial charge on any atom is 0.293 e. The summed E-state index contributed by atoms with van der Waals surface area (Å²) in [6.45, 7) is 0.413. The molecule has 0 spiro atoms. The number of halogens is 1. The Kier molecular flexibility index (Phi) is 6.87. The summed E-state index contributed by atoms with van der Waals surface area (Å²) in [4.78, 5) is 26.6. The normalized spacial score (nSPS) is 14.8. The van der Waals surface area contributed by atoms with Gasteiger partial charge in [-0.05, 0) is 42.1 Å². The summed E-state index contributed by atoms with van der Waals surface area (Å²) in [7, 11) is 0. The predicted molar refractivity (Wildman–Crippen MR) is 122 cm³/mol. The average Bonchev–Trinajstić information content (AvgIpc) is 3.07. The molecule has 0 atom stereocenters. The molecular formula is C25H20FNO4S. The van der Waals surface area contributed by atoms with Crippen LogP contribution in [0, 0.1) is 5.82 Å². The molecular weight excluding hydrogens is 429 g/mol. The molecule has 5 nitrogen and oxygen atoms in total. The number of hydrogen-bond donors (Lipinski definition) is 0. The lowest BCUT2D eigenvalue weighted by Crippen LogP contribution is -2.32. The van der Waals surface area contributed by atoms with Crippen LogP contribution < -0.4 is 9.47 Å². The smallest absolute Gasteiger partial charge is 0.293 e. The molecule has 0 unspecified atom stereocenters. The third-order valence-electron chi connectivity index (χ3n) is 4.75. The van der Waals surface area contributed by atoms with Crippen molar-refractivity contribution in [2.45, 2.75) is 6.61 Å². The minimum absolute atomic E-state index is 0.0514. The molecule has 1 aliphatic rings. The highest BCUT2D eigenvalue weighted by Gasteiger charge is 2.35. The molecule has 32 heavy (non-hydrogen) atoms. The fraction of sp³-hybridized carbons (Fsp3) is 0.120. The molecule has 2 amide bonds. The van der Waals surface area contributed by atoms with E-state index in [0.29, 0.717) is 27.5 Å². The number of para-hydroxylation sites is 2. The van der Waals surface area contributed by atoms with E-state index in [2.05, 4.69) is 0 Å². The second-order valence-corrected chi connectivity index (χ2v) is 7.91. The first-order chi connectivity index (χ1) is 15.6. The molecule has 1 heterocycles. The molecule has 0 radical (unpaired) electrons. The Morgan fingerprint density at radius 1 is 0.875 bits per heavy atom. The van der Waals surface area contributed by atoms with E-state index < -0.39 is 0 Å². The van der Waals surface area contributed by atoms with Gasteiger partial charge in [-0.25, -0.2) is 4.39 Å². The van der Waals surface area contributed by atoms with Gasteiger partial charge in [-0.2, -0.15) is 0 Å². The van der Waals surface area contributed by atoms with Crippen LogP contribution in [-0.2, 0) is 11.4 Å². The first-order valence-electron chi connectivity index (χ1n) is 10.0.